The van der Waals surface area contributed by atoms with Gasteiger partial charge in [0.25, 0.3) is 0 Å². The first-order chi connectivity index (χ1) is 13.3. The first kappa shape index (κ1) is 15.9. The molecule has 0 fully saturated rings. The molecule has 0 aliphatic heterocycles. The van der Waals surface area contributed by atoms with Crippen molar-refractivity contribution in [3.05, 3.63) is 97.1 Å². The highest BCUT2D eigenvalue weighted by atomic mass is 15.0. The van der Waals surface area contributed by atoms with E-state index in [1.165, 1.54) is 44.1 Å². The molecule has 130 valence electrons. The standard InChI is InChI=1S/C26H21N/c1-2-27-25-17-21(19-9-5-3-6-10-19)13-15-23(25)24-16-14-22(18-26(24)27)20-11-7-4-8-12-20/h3-18H,2H2,1H3. The van der Waals surface area contributed by atoms with Crippen molar-refractivity contribution in [2.75, 3.05) is 0 Å². The third kappa shape index (κ3) is 2.63. The number of rotatable bonds is 3. The molecule has 0 radical (unpaired) electrons. The predicted octanol–water partition coefficient (Wildman–Crippen LogP) is 7.15. The minimum Gasteiger partial charge on any atom is -0.341 e. The molecule has 0 aliphatic rings. The summed E-state index contributed by atoms with van der Waals surface area (Å²) in [6.45, 7) is 3.18. The van der Waals surface area contributed by atoms with Crippen LogP contribution in [0.3, 0.4) is 0 Å². The fourth-order valence-corrected chi connectivity index (χ4v) is 4.06. The summed E-state index contributed by atoms with van der Waals surface area (Å²) in [5.41, 5.74) is 7.67. The zero-order chi connectivity index (χ0) is 18.2. The van der Waals surface area contributed by atoms with Crippen LogP contribution in [0.4, 0.5) is 0 Å². The number of fused-ring (bicyclic) bond motifs is 3. The lowest BCUT2D eigenvalue weighted by Crippen LogP contribution is -1.93. The summed E-state index contributed by atoms with van der Waals surface area (Å²) in [5.74, 6) is 0. The predicted molar refractivity (Wildman–Crippen MR) is 116 cm³/mol. The van der Waals surface area contributed by atoms with Crippen LogP contribution in [-0.4, -0.2) is 4.57 Å². The Bertz CT molecular complexity index is 1130. The average Bonchev–Trinajstić information content (AvgIpc) is 3.07. The van der Waals surface area contributed by atoms with Gasteiger partial charge >= 0.3 is 0 Å². The molecule has 5 rings (SSSR count). The SMILES string of the molecule is CCn1c2cc(-c3ccccc3)ccc2c2ccc(-c3ccccc3)cc21. The molecular formula is C26H21N. The lowest BCUT2D eigenvalue weighted by molar-refractivity contribution is 0.827. The Kier molecular flexibility index (Phi) is 3.79. The Morgan fingerprint density at radius 3 is 1.37 bits per heavy atom. The highest BCUT2D eigenvalue weighted by Gasteiger charge is 2.12. The molecule has 1 heterocycles. The van der Waals surface area contributed by atoms with Crippen LogP contribution in [0, 0.1) is 0 Å². The zero-order valence-corrected chi connectivity index (χ0v) is 15.4. The van der Waals surface area contributed by atoms with Crippen molar-refractivity contribution in [1.82, 2.24) is 4.57 Å². The van der Waals surface area contributed by atoms with Crippen LogP contribution in [-0.2, 0) is 6.54 Å². The monoisotopic (exact) mass is 347 g/mol. The van der Waals surface area contributed by atoms with Gasteiger partial charge in [-0.15, -0.1) is 0 Å². The lowest BCUT2D eigenvalue weighted by Gasteiger charge is -2.07. The van der Waals surface area contributed by atoms with Crippen LogP contribution in [0.15, 0.2) is 97.1 Å². The molecule has 0 bridgehead atoms. The van der Waals surface area contributed by atoms with Crippen LogP contribution in [0.1, 0.15) is 6.92 Å². The molecule has 1 aromatic heterocycles. The van der Waals surface area contributed by atoms with E-state index < -0.39 is 0 Å². The maximum Gasteiger partial charge on any atom is 0.0497 e. The highest BCUT2D eigenvalue weighted by molar-refractivity contribution is 6.10. The van der Waals surface area contributed by atoms with Gasteiger partial charge in [-0.25, -0.2) is 0 Å². The summed E-state index contributed by atoms with van der Waals surface area (Å²) < 4.78 is 2.43. The van der Waals surface area contributed by atoms with Gasteiger partial charge in [-0.05, 0) is 41.3 Å². The molecule has 0 unspecified atom stereocenters. The third-order valence-electron chi connectivity index (χ3n) is 5.40. The average molecular weight is 347 g/mol. The van der Waals surface area contributed by atoms with Gasteiger partial charge in [-0.1, -0.05) is 84.9 Å². The number of hydrogen-bond donors (Lipinski definition) is 0. The molecule has 0 spiro atoms. The quantitative estimate of drug-likeness (QED) is 0.326. The molecule has 1 nitrogen and oxygen atoms in total. The number of hydrogen-bond acceptors (Lipinski definition) is 0. The van der Waals surface area contributed by atoms with Gasteiger partial charge < -0.3 is 4.57 Å². The van der Waals surface area contributed by atoms with Gasteiger partial charge in [0, 0.05) is 28.4 Å². The minimum atomic E-state index is 0.955. The van der Waals surface area contributed by atoms with Gasteiger partial charge in [0.1, 0.15) is 0 Å². The van der Waals surface area contributed by atoms with Crippen LogP contribution in [0.2, 0.25) is 0 Å². The van der Waals surface area contributed by atoms with Gasteiger partial charge in [-0.3, -0.25) is 0 Å². The molecule has 5 aromatic rings. The van der Waals surface area contributed by atoms with Crippen molar-refractivity contribution >= 4 is 21.8 Å². The molecule has 0 atom stereocenters. The highest BCUT2D eigenvalue weighted by Crippen LogP contribution is 2.34. The van der Waals surface area contributed by atoms with E-state index in [2.05, 4.69) is 109 Å². The van der Waals surface area contributed by atoms with E-state index in [1.807, 2.05) is 0 Å². The fraction of sp³-hybridized carbons (Fsp3) is 0.0769. The van der Waals surface area contributed by atoms with E-state index in [-0.39, 0.29) is 0 Å². The van der Waals surface area contributed by atoms with Crippen molar-refractivity contribution in [2.24, 2.45) is 0 Å². The molecule has 0 aliphatic carbocycles. The second-order valence-corrected chi connectivity index (χ2v) is 6.94. The summed E-state index contributed by atoms with van der Waals surface area (Å²) in [4.78, 5) is 0. The van der Waals surface area contributed by atoms with E-state index in [1.54, 1.807) is 0 Å². The summed E-state index contributed by atoms with van der Waals surface area (Å²) in [6, 6.07) is 34.9. The Labute approximate surface area is 159 Å². The first-order valence-electron chi connectivity index (χ1n) is 9.52. The van der Waals surface area contributed by atoms with Crippen LogP contribution < -0.4 is 0 Å². The maximum absolute atomic E-state index is 2.43. The second-order valence-electron chi connectivity index (χ2n) is 6.94. The largest absolute Gasteiger partial charge is 0.341 e. The van der Waals surface area contributed by atoms with Gasteiger partial charge in [-0.2, -0.15) is 0 Å². The number of aromatic nitrogens is 1. The van der Waals surface area contributed by atoms with Crippen molar-refractivity contribution < 1.29 is 0 Å². The van der Waals surface area contributed by atoms with Gasteiger partial charge in [0.05, 0.1) is 0 Å². The summed E-state index contributed by atoms with van der Waals surface area (Å²) in [5, 5.41) is 2.65. The lowest BCUT2D eigenvalue weighted by atomic mass is 10.0. The third-order valence-corrected chi connectivity index (χ3v) is 5.40. The molecule has 0 saturated carbocycles. The Morgan fingerprint density at radius 2 is 0.963 bits per heavy atom. The smallest absolute Gasteiger partial charge is 0.0497 e. The van der Waals surface area contributed by atoms with Gasteiger partial charge in [0.15, 0.2) is 0 Å². The number of nitrogens with zero attached hydrogens (tertiary/aromatic N) is 1. The van der Waals surface area contributed by atoms with E-state index in [0.717, 1.165) is 6.54 Å². The fourth-order valence-electron chi connectivity index (χ4n) is 4.06. The van der Waals surface area contributed by atoms with Crippen molar-refractivity contribution in [1.29, 1.82) is 0 Å². The van der Waals surface area contributed by atoms with Crippen LogP contribution in [0.25, 0.3) is 44.1 Å². The summed E-state index contributed by atoms with van der Waals surface area (Å²) in [7, 11) is 0. The Morgan fingerprint density at radius 1 is 0.519 bits per heavy atom. The van der Waals surface area contributed by atoms with E-state index in [0.29, 0.717) is 0 Å². The Hall–Kier alpha value is -3.32. The molecule has 27 heavy (non-hydrogen) atoms. The first-order valence-corrected chi connectivity index (χ1v) is 9.52. The van der Waals surface area contributed by atoms with Crippen molar-refractivity contribution in [3.8, 4) is 22.3 Å². The molecule has 4 aromatic carbocycles. The van der Waals surface area contributed by atoms with Crippen molar-refractivity contribution in [2.45, 2.75) is 13.5 Å². The topological polar surface area (TPSA) is 4.93 Å². The van der Waals surface area contributed by atoms with E-state index in [4.69, 9.17) is 0 Å². The number of benzene rings is 4. The molecule has 0 amide bonds. The van der Waals surface area contributed by atoms with Crippen LogP contribution in [0.5, 0.6) is 0 Å². The summed E-state index contributed by atoms with van der Waals surface area (Å²) >= 11 is 0. The molecular weight excluding hydrogens is 326 g/mol. The summed E-state index contributed by atoms with van der Waals surface area (Å²) in [6.07, 6.45) is 0. The van der Waals surface area contributed by atoms with E-state index >= 15 is 0 Å². The van der Waals surface area contributed by atoms with E-state index in [9.17, 15) is 0 Å². The van der Waals surface area contributed by atoms with Gasteiger partial charge in [0.2, 0.25) is 0 Å². The minimum absolute atomic E-state index is 0.955. The normalized spacial score (nSPS) is 11.3. The molecule has 0 saturated heterocycles. The maximum atomic E-state index is 2.43. The Balaban J connectivity index is 1.76. The molecule has 0 N–H and O–H groups in total. The number of aryl methyl sites for hydroxylation is 1. The van der Waals surface area contributed by atoms with Crippen LogP contribution >= 0.6 is 0 Å². The second kappa shape index (κ2) is 6.44. The zero-order valence-electron chi connectivity index (χ0n) is 15.4. The van der Waals surface area contributed by atoms with Crippen molar-refractivity contribution in [3.63, 3.8) is 0 Å². The molecule has 1 heteroatoms.